The van der Waals surface area contributed by atoms with Crippen molar-refractivity contribution in [1.29, 1.82) is 0 Å². The normalized spacial score (nSPS) is 15.7. The van der Waals surface area contributed by atoms with Gasteiger partial charge in [0.25, 0.3) is 11.2 Å². The van der Waals surface area contributed by atoms with Crippen molar-refractivity contribution in [2.75, 3.05) is 14.2 Å². The highest BCUT2D eigenvalue weighted by Crippen LogP contribution is 2.44. The smallest absolute Gasteiger partial charge is 0.271 e. The van der Waals surface area contributed by atoms with E-state index in [1.807, 2.05) is 30.3 Å². The number of methoxy groups -OCH3 is 2. The van der Waals surface area contributed by atoms with Gasteiger partial charge < -0.3 is 13.9 Å². The van der Waals surface area contributed by atoms with Crippen LogP contribution in [-0.4, -0.2) is 23.7 Å². The van der Waals surface area contributed by atoms with Gasteiger partial charge in [-0.15, -0.1) is 0 Å². The summed E-state index contributed by atoms with van der Waals surface area (Å²) in [6, 6.07) is 21.0. The molecule has 0 saturated heterocycles. The molecule has 9 nitrogen and oxygen atoms in total. The summed E-state index contributed by atoms with van der Waals surface area (Å²) in [6.45, 7) is 0. The first-order valence-electron chi connectivity index (χ1n) is 13.8. The minimum absolute atomic E-state index is 0.112. The number of ether oxygens (including phenoxy) is 2. The third-order valence-corrected chi connectivity index (χ3v) is 9.23. The Hall–Kier alpha value is -4.93. The van der Waals surface area contributed by atoms with Crippen molar-refractivity contribution < 1.29 is 18.8 Å². The summed E-state index contributed by atoms with van der Waals surface area (Å²) in [7, 11) is 3.23. The number of rotatable bonds is 6. The van der Waals surface area contributed by atoms with Crippen molar-refractivity contribution in [2.24, 2.45) is 4.99 Å². The van der Waals surface area contributed by atoms with Gasteiger partial charge in [-0.3, -0.25) is 19.5 Å². The van der Waals surface area contributed by atoms with E-state index < -0.39 is 11.0 Å². The molecule has 0 radical (unpaired) electrons. The molecular weight excluding hydrogens is 602 g/mol. The number of fused-ring (bicyclic) bond motifs is 3. The molecule has 0 N–H and O–H groups in total. The van der Waals surface area contributed by atoms with Crippen LogP contribution in [0.3, 0.4) is 0 Å². The number of furan rings is 1. The fourth-order valence-electron chi connectivity index (χ4n) is 5.87. The van der Waals surface area contributed by atoms with Crippen LogP contribution in [0.5, 0.6) is 11.5 Å². The maximum absolute atomic E-state index is 14.2. The SMILES string of the molecule is COc1ccc(OC)c(C2C3=C(N=c4s/c(=C/c5ccc(-c6ccc([N+](=O)[O-])cc6Cl)o5)c(=O)n42)c2ccccc2CC3)c1. The molecule has 0 saturated carbocycles. The monoisotopic (exact) mass is 625 g/mol. The molecular formula is C33H24ClN3O6S. The van der Waals surface area contributed by atoms with Gasteiger partial charge in [0, 0.05) is 34.9 Å². The molecule has 44 heavy (non-hydrogen) atoms. The largest absolute Gasteiger partial charge is 0.497 e. The number of nitro groups is 1. The van der Waals surface area contributed by atoms with E-state index in [1.54, 1.807) is 43.1 Å². The third kappa shape index (κ3) is 4.63. The molecule has 1 aliphatic carbocycles. The van der Waals surface area contributed by atoms with Crippen LogP contribution < -0.4 is 24.4 Å². The summed E-state index contributed by atoms with van der Waals surface area (Å²) in [5.41, 5.74) is 5.21. The molecule has 3 heterocycles. The highest BCUT2D eigenvalue weighted by Gasteiger charge is 2.34. The molecule has 220 valence electrons. The standard InChI is InChI=1S/C33H24ClN3O6S/c1-41-20-9-13-27(42-2)25(16-20)31-24-11-7-18-5-3-4-6-22(18)30(24)35-33-36(31)32(38)29(44-33)17-21-10-14-28(43-21)23-12-8-19(37(39)40)15-26(23)34/h3-6,8-10,12-17,31H,7,11H2,1-2H3/b29-17+. The number of hydrogen-bond donors (Lipinski definition) is 0. The van der Waals surface area contributed by atoms with Crippen LogP contribution in [0.1, 0.15) is 34.9 Å². The van der Waals surface area contributed by atoms with Gasteiger partial charge in [-0.1, -0.05) is 47.2 Å². The molecule has 1 aliphatic heterocycles. The van der Waals surface area contributed by atoms with E-state index in [0.717, 1.165) is 35.2 Å². The predicted octanol–water partition coefficient (Wildman–Crippen LogP) is 6.16. The fourth-order valence-corrected chi connectivity index (χ4v) is 7.12. The fraction of sp³-hybridized carbons (Fsp3) is 0.152. The van der Waals surface area contributed by atoms with Gasteiger partial charge in [-0.2, -0.15) is 0 Å². The van der Waals surface area contributed by atoms with Crippen molar-refractivity contribution in [1.82, 2.24) is 4.57 Å². The number of non-ortho nitro benzene ring substituents is 1. The number of benzene rings is 3. The zero-order valence-electron chi connectivity index (χ0n) is 23.6. The minimum Gasteiger partial charge on any atom is -0.497 e. The topological polar surface area (TPSA) is 109 Å². The Balaban J connectivity index is 1.40. The van der Waals surface area contributed by atoms with Crippen molar-refractivity contribution in [2.45, 2.75) is 18.9 Å². The first-order valence-corrected chi connectivity index (χ1v) is 14.9. The number of allylic oxidation sites excluding steroid dienone is 1. The summed E-state index contributed by atoms with van der Waals surface area (Å²) in [6.07, 6.45) is 3.25. The summed E-state index contributed by atoms with van der Waals surface area (Å²) >= 11 is 7.61. The van der Waals surface area contributed by atoms with Crippen LogP contribution in [0.2, 0.25) is 5.02 Å². The van der Waals surface area contributed by atoms with Crippen LogP contribution in [0.4, 0.5) is 5.69 Å². The van der Waals surface area contributed by atoms with E-state index >= 15 is 0 Å². The van der Waals surface area contributed by atoms with Gasteiger partial charge in [0.1, 0.15) is 23.0 Å². The number of aryl methyl sites for hydroxylation is 1. The van der Waals surface area contributed by atoms with Gasteiger partial charge in [0.05, 0.1) is 40.4 Å². The highest BCUT2D eigenvalue weighted by molar-refractivity contribution is 7.07. The average Bonchev–Trinajstić information content (AvgIpc) is 3.63. The summed E-state index contributed by atoms with van der Waals surface area (Å²) in [5, 5.41) is 11.3. The third-order valence-electron chi connectivity index (χ3n) is 7.93. The maximum Gasteiger partial charge on any atom is 0.271 e. The lowest BCUT2D eigenvalue weighted by atomic mass is 9.83. The quantitative estimate of drug-likeness (QED) is 0.165. The maximum atomic E-state index is 14.2. The lowest BCUT2D eigenvalue weighted by molar-refractivity contribution is -0.384. The van der Waals surface area contributed by atoms with Crippen LogP contribution in [-0.2, 0) is 6.42 Å². The summed E-state index contributed by atoms with van der Waals surface area (Å²) in [5.74, 6) is 2.17. The van der Waals surface area contributed by atoms with Crippen LogP contribution in [0.15, 0.2) is 92.6 Å². The number of nitro benzene ring substituents is 1. The molecule has 2 aromatic heterocycles. The molecule has 0 bridgehead atoms. The Kier molecular flexibility index (Phi) is 6.95. The Morgan fingerprint density at radius 2 is 1.89 bits per heavy atom. The van der Waals surface area contributed by atoms with E-state index in [0.29, 0.717) is 37.9 Å². The van der Waals surface area contributed by atoms with Gasteiger partial charge in [0.15, 0.2) is 4.80 Å². The second-order valence-electron chi connectivity index (χ2n) is 10.3. The molecule has 3 aromatic carbocycles. The molecule has 5 aromatic rings. The van der Waals surface area contributed by atoms with Crippen molar-refractivity contribution in [3.8, 4) is 22.8 Å². The van der Waals surface area contributed by atoms with E-state index in [4.69, 9.17) is 30.5 Å². The van der Waals surface area contributed by atoms with Crippen LogP contribution >= 0.6 is 22.9 Å². The van der Waals surface area contributed by atoms with Gasteiger partial charge in [-0.05, 0) is 60.4 Å². The summed E-state index contributed by atoms with van der Waals surface area (Å²) < 4.78 is 19.6. The Morgan fingerprint density at radius 1 is 1.05 bits per heavy atom. The molecule has 0 spiro atoms. The second kappa shape index (κ2) is 11.0. The average molecular weight is 626 g/mol. The van der Waals surface area contributed by atoms with E-state index in [2.05, 4.69) is 12.1 Å². The summed E-state index contributed by atoms with van der Waals surface area (Å²) in [4.78, 5) is 30.4. The highest BCUT2D eigenvalue weighted by atomic mass is 35.5. The number of hydrogen-bond acceptors (Lipinski definition) is 8. The molecule has 7 rings (SSSR count). The van der Waals surface area contributed by atoms with Crippen LogP contribution in [0.25, 0.3) is 23.1 Å². The molecule has 1 unspecified atom stereocenters. The van der Waals surface area contributed by atoms with E-state index in [1.165, 1.54) is 29.0 Å². The Morgan fingerprint density at radius 3 is 2.66 bits per heavy atom. The number of nitrogens with zero attached hydrogens (tertiary/aromatic N) is 3. The molecule has 1 atom stereocenters. The zero-order chi connectivity index (χ0) is 30.5. The Labute approximate surface area is 259 Å². The first-order chi connectivity index (χ1) is 21.4. The minimum atomic E-state index is -0.506. The number of thiazole rings is 1. The van der Waals surface area contributed by atoms with E-state index in [9.17, 15) is 14.9 Å². The lowest BCUT2D eigenvalue weighted by Gasteiger charge is -2.31. The number of aromatic nitrogens is 1. The van der Waals surface area contributed by atoms with Crippen molar-refractivity contribution in [3.05, 3.63) is 136 Å². The van der Waals surface area contributed by atoms with Gasteiger partial charge >= 0.3 is 0 Å². The van der Waals surface area contributed by atoms with Crippen molar-refractivity contribution in [3.63, 3.8) is 0 Å². The van der Waals surface area contributed by atoms with E-state index in [-0.39, 0.29) is 16.3 Å². The van der Waals surface area contributed by atoms with Crippen molar-refractivity contribution >= 4 is 40.4 Å². The number of halogens is 1. The predicted molar refractivity (Wildman–Crippen MR) is 168 cm³/mol. The van der Waals surface area contributed by atoms with Gasteiger partial charge in [-0.25, -0.2) is 4.99 Å². The molecule has 0 fully saturated rings. The molecule has 0 amide bonds. The first kappa shape index (κ1) is 27.9. The molecule has 2 aliphatic rings. The zero-order valence-corrected chi connectivity index (χ0v) is 25.1. The lowest BCUT2D eigenvalue weighted by Crippen LogP contribution is -2.39. The molecule has 11 heteroatoms. The van der Waals surface area contributed by atoms with Crippen LogP contribution in [0, 0.1) is 10.1 Å². The second-order valence-corrected chi connectivity index (χ2v) is 11.8. The van der Waals surface area contributed by atoms with Gasteiger partial charge in [0.2, 0.25) is 0 Å². The Bertz CT molecular complexity index is 2200.